The Kier molecular flexibility index (Phi) is 5.16. The number of nitrogens with zero attached hydrogens (tertiary/aromatic N) is 2. The van der Waals surface area contributed by atoms with Gasteiger partial charge in [-0.2, -0.15) is 6.20 Å². The van der Waals surface area contributed by atoms with Crippen molar-refractivity contribution in [3.05, 3.63) is 78.1 Å². The molecule has 21 heavy (non-hydrogen) atoms. The third kappa shape index (κ3) is 3.34. The molecule has 1 radical (unpaired) electrons. The average molecular weight is 451 g/mol. The molecule has 0 fully saturated rings. The summed E-state index contributed by atoms with van der Waals surface area (Å²) in [6.45, 7) is 4.40. The Balaban J connectivity index is 0.00000161. The first-order valence-corrected chi connectivity index (χ1v) is 6.79. The van der Waals surface area contributed by atoms with E-state index >= 15 is 0 Å². The van der Waals surface area contributed by atoms with E-state index in [4.69, 9.17) is 0 Å². The molecule has 2 heterocycles. The number of pyridine rings is 1. The molecule has 1 aliphatic heterocycles. The fourth-order valence-electron chi connectivity index (χ4n) is 2.53. The summed E-state index contributed by atoms with van der Waals surface area (Å²) < 4.78 is 0. The summed E-state index contributed by atoms with van der Waals surface area (Å²) in [6, 6.07) is 12.3. The maximum Gasteiger partial charge on any atom is 0.0585 e. The van der Waals surface area contributed by atoms with Crippen LogP contribution in [-0.2, 0) is 20.1 Å². The van der Waals surface area contributed by atoms with Crippen LogP contribution >= 0.6 is 0 Å². The molecule has 0 bridgehead atoms. The molecule has 0 spiro atoms. The number of benzene rings is 1. The Labute approximate surface area is 140 Å². The van der Waals surface area contributed by atoms with Crippen molar-refractivity contribution >= 4 is 18.0 Å². The van der Waals surface area contributed by atoms with E-state index in [1.54, 1.807) is 0 Å². The summed E-state index contributed by atoms with van der Waals surface area (Å²) in [7, 11) is 0. The fraction of sp³-hybridized carbons (Fsp3) is 0.118. The number of hydrogen-bond acceptors (Lipinski definition) is 2. The summed E-state index contributed by atoms with van der Waals surface area (Å²) in [4.78, 5) is 6.51. The van der Waals surface area contributed by atoms with Gasteiger partial charge < -0.3 is 10.9 Å². The number of hydrogen-bond donors (Lipinski definition) is 0. The minimum Gasteiger partial charge on any atom is -0.494 e. The molecule has 0 aliphatic carbocycles. The molecule has 0 atom stereocenters. The van der Waals surface area contributed by atoms with Crippen LogP contribution in [0.4, 0.5) is 5.69 Å². The van der Waals surface area contributed by atoms with Gasteiger partial charge >= 0.3 is 0 Å². The molecular formula is C17H16BIrN2-. The second-order valence-electron chi connectivity index (χ2n) is 5.02. The van der Waals surface area contributed by atoms with Crippen molar-refractivity contribution in [3.63, 3.8) is 0 Å². The van der Waals surface area contributed by atoms with Gasteiger partial charge in [-0.05, 0) is 42.8 Å². The Morgan fingerprint density at radius 2 is 1.81 bits per heavy atom. The van der Waals surface area contributed by atoms with E-state index in [0.29, 0.717) is 0 Å². The summed E-state index contributed by atoms with van der Waals surface area (Å²) in [5, 5.41) is 0. The van der Waals surface area contributed by atoms with Crippen LogP contribution < -0.4 is 10.5 Å². The SMILES string of the molecule is Cc1cccc(C)c1N1C=[C-]B(c2ccccn2)C=C1.[Ir]. The van der Waals surface area contributed by atoms with Crippen LogP contribution in [0.15, 0.2) is 61.0 Å². The van der Waals surface area contributed by atoms with Gasteiger partial charge in [-0.3, -0.25) is 4.98 Å². The summed E-state index contributed by atoms with van der Waals surface area (Å²) in [6.07, 6.45) is 5.93. The molecule has 0 unspecified atom stereocenters. The van der Waals surface area contributed by atoms with Crippen molar-refractivity contribution in [2.75, 3.05) is 4.90 Å². The predicted octanol–water partition coefficient (Wildman–Crippen LogP) is 2.83. The van der Waals surface area contributed by atoms with Crippen LogP contribution in [0.1, 0.15) is 11.1 Å². The summed E-state index contributed by atoms with van der Waals surface area (Å²) in [5.74, 6) is 5.52. The van der Waals surface area contributed by atoms with Crippen LogP contribution in [-0.4, -0.2) is 11.7 Å². The first-order valence-electron chi connectivity index (χ1n) is 6.79. The first-order chi connectivity index (χ1) is 9.75. The van der Waals surface area contributed by atoms with Crippen molar-refractivity contribution in [2.24, 2.45) is 0 Å². The van der Waals surface area contributed by atoms with Crippen LogP contribution in [0.25, 0.3) is 0 Å². The monoisotopic (exact) mass is 452 g/mol. The van der Waals surface area contributed by atoms with Gasteiger partial charge in [0.2, 0.25) is 0 Å². The van der Waals surface area contributed by atoms with E-state index in [2.05, 4.69) is 60.1 Å². The maximum atomic E-state index is 4.38. The van der Waals surface area contributed by atoms with E-state index in [0.717, 1.165) is 5.59 Å². The van der Waals surface area contributed by atoms with Crippen molar-refractivity contribution in [3.8, 4) is 0 Å². The molecule has 2 nitrogen and oxygen atoms in total. The van der Waals surface area contributed by atoms with Gasteiger partial charge in [-0.25, -0.2) is 0 Å². The number of aromatic nitrogens is 1. The van der Waals surface area contributed by atoms with Crippen LogP contribution in [0, 0.1) is 19.8 Å². The van der Waals surface area contributed by atoms with E-state index in [1.807, 2.05) is 30.6 Å². The largest absolute Gasteiger partial charge is 0.494 e. The van der Waals surface area contributed by atoms with E-state index in [9.17, 15) is 0 Å². The fourth-order valence-corrected chi connectivity index (χ4v) is 2.53. The van der Waals surface area contributed by atoms with Crippen molar-refractivity contribution < 1.29 is 20.1 Å². The molecule has 1 aliphatic rings. The third-order valence-corrected chi connectivity index (χ3v) is 3.54. The second kappa shape index (κ2) is 6.88. The van der Waals surface area contributed by atoms with Crippen LogP contribution in [0.2, 0.25) is 0 Å². The number of rotatable bonds is 2. The van der Waals surface area contributed by atoms with Crippen molar-refractivity contribution in [2.45, 2.75) is 13.8 Å². The number of aryl methyl sites for hydroxylation is 2. The summed E-state index contributed by atoms with van der Waals surface area (Å²) >= 11 is 0. The van der Waals surface area contributed by atoms with Gasteiger partial charge in [0.1, 0.15) is 0 Å². The molecule has 107 valence electrons. The normalized spacial score (nSPS) is 13.2. The maximum absolute atomic E-state index is 4.38. The molecule has 0 saturated carbocycles. The van der Waals surface area contributed by atoms with Gasteiger partial charge in [0, 0.05) is 32.0 Å². The third-order valence-electron chi connectivity index (χ3n) is 3.54. The minimum absolute atomic E-state index is 0. The first kappa shape index (κ1) is 15.7. The molecule has 0 saturated heterocycles. The Hall–Kier alpha value is -1.64. The molecule has 1 aromatic heterocycles. The zero-order chi connectivity index (χ0) is 13.9. The van der Waals surface area contributed by atoms with Gasteiger partial charge in [0.25, 0.3) is 0 Å². The van der Waals surface area contributed by atoms with E-state index < -0.39 is 0 Å². The Morgan fingerprint density at radius 3 is 2.38 bits per heavy atom. The van der Waals surface area contributed by atoms with Gasteiger partial charge in [-0.15, -0.1) is 5.98 Å². The molecule has 4 heteroatoms. The quantitative estimate of drug-likeness (QED) is 0.516. The summed E-state index contributed by atoms with van der Waals surface area (Å²) in [5.41, 5.74) is 4.80. The van der Waals surface area contributed by atoms with E-state index in [1.165, 1.54) is 16.8 Å². The number of para-hydroxylation sites is 1. The average Bonchev–Trinajstić information content (AvgIpc) is 2.49. The Bertz CT molecular complexity index is 633. The minimum atomic E-state index is 0. The second-order valence-corrected chi connectivity index (χ2v) is 5.02. The molecule has 0 N–H and O–H groups in total. The molecular weight excluding hydrogens is 435 g/mol. The number of anilines is 1. The van der Waals surface area contributed by atoms with Gasteiger partial charge in [0.15, 0.2) is 0 Å². The van der Waals surface area contributed by atoms with Crippen molar-refractivity contribution in [1.82, 2.24) is 4.98 Å². The molecule has 0 amide bonds. The Morgan fingerprint density at radius 1 is 1.05 bits per heavy atom. The van der Waals surface area contributed by atoms with Gasteiger partial charge in [-0.1, -0.05) is 30.3 Å². The van der Waals surface area contributed by atoms with Crippen molar-refractivity contribution in [1.29, 1.82) is 0 Å². The smallest absolute Gasteiger partial charge is 0.0585 e. The van der Waals surface area contributed by atoms with Crippen LogP contribution in [0.3, 0.4) is 0 Å². The molecule has 3 rings (SSSR count). The molecule has 1 aromatic carbocycles. The zero-order valence-corrected chi connectivity index (χ0v) is 14.5. The topological polar surface area (TPSA) is 16.1 Å². The molecule has 2 aromatic rings. The van der Waals surface area contributed by atoms with Gasteiger partial charge in [0.05, 0.1) is 6.71 Å². The van der Waals surface area contributed by atoms with E-state index in [-0.39, 0.29) is 26.8 Å². The zero-order valence-electron chi connectivity index (χ0n) is 12.1. The standard InChI is InChI=1S/C17H16BN2.Ir/c1-14-6-5-7-15(2)17(14)20-12-9-18(10-13-20)16-8-3-4-11-19-16;/h3-9,11-13H,1-2H3;/q-1;. The van der Waals surface area contributed by atoms with Crippen LogP contribution in [0.5, 0.6) is 0 Å². The predicted molar refractivity (Wildman–Crippen MR) is 85.0 cm³/mol.